The number of rotatable bonds is 12. The molecule has 8 aliphatic rings. The van der Waals surface area contributed by atoms with Crippen molar-refractivity contribution in [2.45, 2.75) is 194 Å². The first-order valence-corrected chi connectivity index (χ1v) is 28.4. The zero-order valence-corrected chi connectivity index (χ0v) is 47.0. The zero-order valence-electron chi connectivity index (χ0n) is 43.3. The Bertz CT molecular complexity index is 2040. The molecule has 13 N–H and O–H groups in total. The van der Waals surface area contributed by atoms with E-state index in [-0.39, 0.29) is 128 Å². The summed E-state index contributed by atoms with van der Waals surface area (Å²) in [5, 5.41) is 52.8. The molecule has 0 aliphatic heterocycles. The molecule has 21 heteroatoms. The van der Waals surface area contributed by atoms with Gasteiger partial charge in [0.1, 0.15) is 0 Å². The van der Waals surface area contributed by atoms with Gasteiger partial charge >= 0.3 is 51.8 Å². The predicted molar refractivity (Wildman–Crippen MR) is 255 cm³/mol. The van der Waals surface area contributed by atoms with E-state index in [2.05, 4.69) is 51.0 Å². The molecule has 8 aliphatic carbocycles. The van der Waals surface area contributed by atoms with E-state index in [0.717, 1.165) is 70.6 Å². The number of aliphatic hydroxyl groups excluding tert-OH is 4. The van der Waals surface area contributed by atoms with Crippen LogP contribution in [0, 0.1) is 92.7 Å². The number of nitrogens with one attached hydrogen (secondary N) is 2. The number of hydrogen-bond acceptors (Lipinski definition) is 13. The van der Waals surface area contributed by atoms with Gasteiger partial charge in [0.05, 0.1) is 43.6 Å². The van der Waals surface area contributed by atoms with Gasteiger partial charge in [-0.25, -0.2) is 13.1 Å². The number of carboxylic acids is 1. The number of fused-ring (bicyclic) bond motifs is 10. The van der Waals surface area contributed by atoms with Gasteiger partial charge in [-0.15, -0.1) is 0 Å². The molecule has 0 radical (unpaired) electrons. The van der Waals surface area contributed by atoms with Gasteiger partial charge < -0.3 is 46.4 Å². The Morgan fingerprint density at radius 1 is 0.629 bits per heavy atom. The van der Waals surface area contributed by atoms with E-state index in [0.29, 0.717) is 56.3 Å². The first-order chi connectivity index (χ1) is 31.1. The van der Waals surface area contributed by atoms with Gasteiger partial charge in [0.2, 0.25) is 0 Å². The molecule has 402 valence electrons. The Morgan fingerprint density at radius 3 is 1.37 bits per heavy atom. The molecule has 8 fully saturated rings. The van der Waals surface area contributed by atoms with E-state index in [9.17, 15) is 56.0 Å². The van der Waals surface area contributed by atoms with Crippen molar-refractivity contribution >= 4 is 32.5 Å². The molecule has 0 heterocycles. The molecule has 0 bridgehead atoms. The van der Waals surface area contributed by atoms with Crippen LogP contribution in [0.15, 0.2) is 0 Å². The number of aliphatic hydroxyl groups is 4. The molecular weight excluding hydrogens is 958 g/mol. The van der Waals surface area contributed by atoms with Crippen LogP contribution >= 0.6 is 0 Å². The number of methoxy groups -OCH3 is 1. The molecule has 0 amide bonds. The van der Waals surface area contributed by atoms with Crippen molar-refractivity contribution in [1.29, 1.82) is 0 Å². The van der Waals surface area contributed by atoms with Crippen molar-refractivity contribution < 1.29 is 101 Å². The molecule has 0 aromatic heterocycles. The van der Waals surface area contributed by atoms with Gasteiger partial charge in [-0.2, -0.15) is 13.1 Å². The number of carbonyl (C=O) groups is 2. The molecule has 0 saturated heterocycles. The molecule has 0 unspecified atom stereocenters. The second-order valence-electron chi connectivity index (χ2n) is 24.3. The van der Waals surface area contributed by atoms with Crippen LogP contribution in [-0.4, -0.2) is 112 Å². The smallest absolute Gasteiger partial charge is 0.870 e. The maximum Gasteiger partial charge on any atom is 1.00 e. The monoisotopic (exact) mass is 1050 g/mol. The minimum Gasteiger partial charge on any atom is -0.870 e. The Hall–Kier alpha value is -0.560. The second-order valence-corrected chi connectivity index (χ2v) is 26.6. The fourth-order valence-corrected chi connectivity index (χ4v) is 19.6. The normalized spacial score (nSPS) is 45.8. The van der Waals surface area contributed by atoms with Crippen molar-refractivity contribution in [3.63, 3.8) is 0 Å². The summed E-state index contributed by atoms with van der Waals surface area (Å²) < 4.78 is 78.8. The van der Waals surface area contributed by atoms with Gasteiger partial charge in [-0.3, -0.25) is 14.1 Å². The molecular formula is C49H88N3NaO15S2. The fourth-order valence-electron chi connectivity index (χ4n) is 18.3. The first kappa shape index (κ1) is 62.0. The average molecular weight is 1050 g/mol. The van der Waals surface area contributed by atoms with Gasteiger partial charge in [-0.05, 0) is 195 Å². The van der Waals surface area contributed by atoms with E-state index in [4.69, 9.17) is 9.84 Å². The molecule has 22 atom stereocenters. The van der Waals surface area contributed by atoms with Crippen LogP contribution < -0.4 is 45.2 Å². The minimum atomic E-state index is -4.76. The Morgan fingerprint density at radius 2 is 1.00 bits per heavy atom. The van der Waals surface area contributed by atoms with Gasteiger partial charge in [0.15, 0.2) is 10.3 Å². The van der Waals surface area contributed by atoms with Crippen molar-refractivity contribution in [3.05, 3.63) is 0 Å². The van der Waals surface area contributed by atoms with Gasteiger partial charge in [0.25, 0.3) is 0 Å². The van der Waals surface area contributed by atoms with E-state index < -0.39 is 63.1 Å². The third-order valence-electron chi connectivity index (χ3n) is 21.5. The molecule has 8 saturated carbocycles. The summed E-state index contributed by atoms with van der Waals surface area (Å²) in [5.41, 5.74) is -0.477. The maximum absolute atomic E-state index is 12.0. The van der Waals surface area contributed by atoms with Crippen LogP contribution in [0.5, 0.6) is 0 Å². The van der Waals surface area contributed by atoms with Crippen LogP contribution in [0.4, 0.5) is 0 Å². The standard InChI is InChI=1S/C25H43NO7S.C24H41NO7S.H3N.Na.H2O/c1-14(5-8-20(28)33-4)16-6-7-17-21-18(10-12-24(16,17)2)25(3)11-9-15(27)13-19(25)23(29)22(21)26-34(30,31)32;1-13(4-7-19(27)28)15-5-6-16-20-17(9-11-23(15,16)2)24(3)10-8-14(26)12-18(24)22(29)21(20)25-33(30,31)32;;;/h14-19,21-23,26-27,29H,5-13H2,1-4H3,(H,30,31,32);13-18,20-22,25-26,29H,4-12H2,1-3H3,(H,27,28)(H,30,31,32);1H3;;1H2/q;;;+1;/p-1/t14-,15-,16-,17+,18+,19+,21+,22+,23-,24-,25-;13-,14-,15-,16+,17+,18+,20+,21+,22-,23-,24-;;;/m11.../s1. The quantitative estimate of drug-likeness (QED) is 0.0771. The van der Waals surface area contributed by atoms with Crippen LogP contribution in [-0.2, 0) is 34.9 Å². The molecule has 0 aromatic carbocycles. The first-order valence-electron chi connectivity index (χ1n) is 25.6. The third kappa shape index (κ3) is 11.7. The second kappa shape index (κ2) is 23.0. The van der Waals surface area contributed by atoms with Crippen molar-refractivity contribution in [3.8, 4) is 0 Å². The largest absolute Gasteiger partial charge is 1.00 e. The minimum absolute atomic E-state index is 0. The summed E-state index contributed by atoms with van der Waals surface area (Å²) >= 11 is 0. The van der Waals surface area contributed by atoms with Crippen molar-refractivity contribution in [2.24, 2.45) is 92.7 Å². The van der Waals surface area contributed by atoms with Crippen LogP contribution in [0.3, 0.4) is 0 Å². The van der Waals surface area contributed by atoms with Crippen LogP contribution in [0.25, 0.3) is 0 Å². The summed E-state index contributed by atoms with van der Waals surface area (Å²) in [5.74, 6) is 0.417. The molecule has 0 aromatic rings. The summed E-state index contributed by atoms with van der Waals surface area (Å²) in [6, 6.07) is -1.62. The number of aliphatic carboxylic acids is 1. The topological polar surface area (TPSA) is 347 Å². The number of ether oxygens (including phenoxy) is 1. The van der Waals surface area contributed by atoms with E-state index in [1.807, 2.05) is 0 Å². The van der Waals surface area contributed by atoms with E-state index >= 15 is 0 Å². The molecule has 0 spiro atoms. The molecule has 8 rings (SSSR count). The maximum atomic E-state index is 12.0. The number of quaternary nitrogens is 1. The SMILES string of the molecule is COC(=O)CC[C@@H](C)[C@H]1CC[C@H]2[C@@H]3[C@H](NS(=O)(=O)O)[C@H](O)[C@@H]4C[C@H](O)CC[C@]4(C)[C@H]3CC[C@]12C.C[C@H](CCC(=O)O)[C@H]1CC[C@H]2[C@@H]3[C@H](NS(=O)(=O)[O-])[C@H](O)[C@@H]4C[C@H](O)CC[C@]4(C)[C@H]3CC[C@]12C.[NH4+].[Na+].[OH-]. The zero-order chi connectivity index (χ0) is 49.4. The summed E-state index contributed by atoms with van der Waals surface area (Å²) in [4.78, 5) is 22.9. The van der Waals surface area contributed by atoms with Crippen molar-refractivity contribution in [2.75, 3.05) is 7.11 Å². The van der Waals surface area contributed by atoms with Gasteiger partial charge in [0, 0.05) is 12.8 Å². The Kier molecular flexibility index (Phi) is 20.3. The predicted octanol–water partition coefficient (Wildman–Crippen LogP) is 2.65. The van der Waals surface area contributed by atoms with Crippen LogP contribution in [0.2, 0.25) is 0 Å². The Labute approximate surface area is 439 Å². The van der Waals surface area contributed by atoms with E-state index in [1.54, 1.807) is 0 Å². The average Bonchev–Trinajstić information content (AvgIpc) is 3.79. The number of carbonyl (C=O) groups excluding carboxylic acids is 1. The molecule has 18 nitrogen and oxygen atoms in total. The number of hydrogen-bond donors (Lipinski definition) is 9. The summed E-state index contributed by atoms with van der Waals surface area (Å²) in [6.45, 7) is 13.3. The van der Waals surface area contributed by atoms with Crippen molar-refractivity contribution in [1.82, 2.24) is 15.6 Å². The van der Waals surface area contributed by atoms with E-state index in [1.165, 1.54) is 7.11 Å². The van der Waals surface area contributed by atoms with Gasteiger partial charge in [-0.1, -0.05) is 41.5 Å². The number of carboxylic acid groups (broad SMARTS) is 1. The fraction of sp³-hybridized carbons (Fsp3) is 0.959. The van der Waals surface area contributed by atoms with Crippen LogP contribution in [0.1, 0.15) is 157 Å². The summed E-state index contributed by atoms with van der Waals surface area (Å²) in [6.07, 6.45) is 10.5. The molecule has 70 heavy (non-hydrogen) atoms. The Balaban J connectivity index is 0.000000292. The number of esters is 1. The third-order valence-corrected chi connectivity index (χ3v) is 22.6. The summed E-state index contributed by atoms with van der Waals surface area (Å²) in [7, 11) is -7.85.